The van der Waals surface area contributed by atoms with Crippen LogP contribution in [0.4, 0.5) is 5.69 Å². The number of nitro groups is 1. The van der Waals surface area contributed by atoms with Crippen LogP contribution in [0.3, 0.4) is 0 Å². The third-order valence-corrected chi connectivity index (χ3v) is 2.52. The van der Waals surface area contributed by atoms with Gasteiger partial charge >= 0.3 is 5.69 Å². The minimum atomic E-state index is -0.772. The van der Waals surface area contributed by atoms with E-state index in [1.165, 1.54) is 18.3 Å². The number of ether oxygens (including phenoxy) is 1. The number of aliphatic hydroxyl groups excluding tert-OH is 1. The Bertz CT molecular complexity index is 584. The predicted molar refractivity (Wildman–Crippen MR) is 68.0 cm³/mol. The van der Waals surface area contributed by atoms with Gasteiger partial charge in [0, 0.05) is 12.3 Å². The first-order valence-corrected chi connectivity index (χ1v) is 5.62. The van der Waals surface area contributed by atoms with E-state index < -0.39 is 11.0 Å². The standard InChI is InChI=1S/C13H12N2O4/c1-9(16)10-4-5-13(12(7-10)15(17)18)19-11-3-2-6-14-8-11/h2-9,16H,1H3/t9-/m0/s1. The summed E-state index contributed by atoms with van der Waals surface area (Å²) in [7, 11) is 0. The monoisotopic (exact) mass is 260 g/mol. The summed E-state index contributed by atoms with van der Waals surface area (Å²) in [6.45, 7) is 1.54. The lowest BCUT2D eigenvalue weighted by Crippen LogP contribution is -1.97. The Hall–Kier alpha value is -2.47. The zero-order chi connectivity index (χ0) is 13.8. The molecule has 2 rings (SSSR count). The lowest BCUT2D eigenvalue weighted by Gasteiger charge is -2.08. The summed E-state index contributed by atoms with van der Waals surface area (Å²) in [5.74, 6) is 0.526. The van der Waals surface area contributed by atoms with E-state index in [4.69, 9.17) is 4.74 Å². The smallest absolute Gasteiger partial charge is 0.311 e. The van der Waals surface area contributed by atoms with E-state index in [-0.39, 0.29) is 11.4 Å². The lowest BCUT2D eigenvalue weighted by molar-refractivity contribution is -0.385. The molecule has 1 N–H and O–H groups in total. The van der Waals surface area contributed by atoms with Gasteiger partial charge in [-0.25, -0.2) is 0 Å². The van der Waals surface area contributed by atoms with Crippen LogP contribution in [0.2, 0.25) is 0 Å². The van der Waals surface area contributed by atoms with Gasteiger partial charge in [0.25, 0.3) is 0 Å². The van der Waals surface area contributed by atoms with E-state index in [2.05, 4.69) is 4.98 Å². The van der Waals surface area contributed by atoms with Crippen molar-refractivity contribution in [2.24, 2.45) is 0 Å². The molecule has 0 amide bonds. The molecule has 0 bridgehead atoms. The molecule has 1 atom stereocenters. The number of nitro benzene ring substituents is 1. The van der Waals surface area contributed by atoms with Crippen LogP contribution in [0.15, 0.2) is 42.7 Å². The van der Waals surface area contributed by atoms with Crippen LogP contribution in [-0.4, -0.2) is 15.0 Å². The Labute approximate surface area is 109 Å². The van der Waals surface area contributed by atoms with Gasteiger partial charge < -0.3 is 9.84 Å². The summed E-state index contributed by atoms with van der Waals surface area (Å²) in [5.41, 5.74) is 0.271. The SMILES string of the molecule is C[C@H](O)c1ccc(Oc2cccnc2)c([N+](=O)[O-])c1. The van der Waals surface area contributed by atoms with Crippen LogP contribution in [-0.2, 0) is 0 Å². The van der Waals surface area contributed by atoms with E-state index >= 15 is 0 Å². The van der Waals surface area contributed by atoms with Gasteiger partial charge in [-0.2, -0.15) is 0 Å². The molecule has 0 unspecified atom stereocenters. The highest BCUT2D eigenvalue weighted by molar-refractivity contribution is 5.50. The maximum Gasteiger partial charge on any atom is 0.311 e. The van der Waals surface area contributed by atoms with Crippen LogP contribution in [0, 0.1) is 10.1 Å². The largest absolute Gasteiger partial charge is 0.449 e. The number of hydrogen-bond acceptors (Lipinski definition) is 5. The van der Waals surface area contributed by atoms with Crippen molar-refractivity contribution in [3.8, 4) is 11.5 Å². The van der Waals surface area contributed by atoms with Gasteiger partial charge in [-0.15, -0.1) is 0 Å². The maximum absolute atomic E-state index is 11.0. The fraction of sp³-hybridized carbons (Fsp3) is 0.154. The molecule has 0 radical (unpaired) electrons. The molecule has 6 heteroatoms. The van der Waals surface area contributed by atoms with E-state index in [0.717, 1.165) is 0 Å². The van der Waals surface area contributed by atoms with Crippen LogP contribution >= 0.6 is 0 Å². The molecule has 1 aromatic carbocycles. The molecule has 0 saturated carbocycles. The molecule has 6 nitrogen and oxygen atoms in total. The van der Waals surface area contributed by atoms with Crippen LogP contribution < -0.4 is 4.74 Å². The zero-order valence-corrected chi connectivity index (χ0v) is 10.2. The highest BCUT2D eigenvalue weighted by Gasteiger charge is 2.18. The molecular formula is C13H12N2O4. The summed E-state index contributed by atoms with van der Waals surface area (Å²) < 4.78 is 5.42. The molecule has 0 aliphatic carbocycles. The molecule has 1 heterocycles. The van der Waals surface area contributed by atoms with Crippen molar-refractivity contribution in [1.82, 2.24) is 4.98 Å². The van der Waals surface area contributed by atoms with Crippen molar-refractivity contribution in [2.45, 2.75) is 13.0 Å². The minimum Gasteiger partial charge on any atom is -0.449 e. The second-order valence-corrected chi connectivity index (χ2v) is 3.95. The Kier molecular flexibility index (Phi) is 3.72. The normalized spacial score (nSPS) is 11.9. The van der Waals surface area contributed by atoms with Crippen molar-refractivity contribution in [2.75, 3.05) is 0 Å². The van der Waals surface area contributed by atoms with E-state index in [1.54, 1.807) is 31.3 Å². The number of pyridine rings is 1. The van der Waals surface area contributed by atoms with E-state index in [0.29, 0.717) is 11.3 Å². The van der Waals surface area contributed by atoms with Gasteiger partial charge in [-0.3, -0.25) is 15.1 Å². The predicted octanol–water partition coefficient (Wildman–Crippen LogP) is 2.84. The zero-order valence-electron chi connectivity index (χ0n) is 10.2. The summed E-state index contributed by atoms with van der Waals surface area (Å²) in [6.07, 6.45) is 2.27. The molecule has 0 aliphatic heterocycles. The van der Waals surface area contributed by atoms with E-state index in [9.17, 15) is 15.2 Å². The molecule has 2 aromatic rings. The topological polar surface area (TPSA) is 85.5 Å². The lowest BCUT2D eigenvalue weighted by atomic mass is 10.1. The minimum absolute atomic E-state index is 0.113. The van der Waals surface area contributed by atoms with Crippen LogP contribution in [0.25, 0.3) is 0 Å². The fourth-order valence-electron chi connectivity index (χ4n) is 1.56. The number of rotatable bonds is 4. The average Bonchev–Trinajstić information content (AvgIpc) is 2.39. The maximum atomic E-state index is 11.0. The van der Waals surface area contributed by atoms with Gasteiger partial charge in [0.15, 0.2) is 0 Å². The molecular weight excluding hydrogens is 248 g/mol. The molecule has 19 heavy (non-hydrogen) atoms. The van der Waals surface area contributed by atoms with Gasteiger partial charge in [0.2, 0.25) is 5.75 Å². The van der Waals surface area contributed by atoms with Crippen LogP contribution in [0.5, 0.6) is 11.5 Å². The highest BCUT2D eigenvalue weighted by atomic mass is 16.6. The third kappa shape index (κ3) is 3.05. The van der Waals surface area contributed by atoms with Gasteiger partial charge in [0.1, 0.15) is 5.75 Å². The second-order valence-electron chi connectivity index (χ2n) is 3.95. The molecule has 0 fully saturated rings. The van der Waals surface area contributed by atoms with Gasteiger partial charge in [0.05, 0.1) is 17.2 Å². The Morgan fingerprint density at radius 2 is 2.21 bits per heavy atom. The van der Waals surface area contributed by atoms with Gasteiger partial charge in [-0.1, -0.05) is 6.07 Å². The number of aromatic nitrogens is 1. The number of nitrogens with zero attached hydrogens (tertiary/aromatic N) is 2. The number of aliphatic hydroxyl groups is 1. The first-order chi connectivity index (χ1) is 9.08. The quantitative estimate of drug-likeness (QED) is 0.674. The summed E-state index contributed by atoms with van der Waals surface area (Å²) >= 11 is 0. The van der Waals surface area contributed by atoms with Crippen molar-refractivity contribution in [3.05, 3.63) is 58.4 Å². The van der Waals surface area contributed by atoms with Crippen molar-refractivity contribution >= 4 is 5.69 Å². The van der Waals surface area contributed by atoms with Crippen molar-refractivity contribution in [3.63, 3.8) is 0 Å². The Balaban J connectivity index is 2.37. The first kappa shape index (κ1) is 13.0. The molecule has 98 valence electrons. The Morgan fingerprint density at radius 1 is 1.42 bits per heavy atom. The van der Waals surface area contributed by atoms with Crippen molar-refractivity contribution in [1.29, 1.82) is 0 Å². The number of benzene rings is 1. The second kappa shape index (κ2) is 5.45. The molecule has 0 aliphatic rings. The molecule has 0 saturated heterocycles. The summed E-state index contributed by atoms with van der Waals surface area (Å²) in [4.78, 5) is 14.3. The van der Waals surface area contributed by atoms with Crippen LogP contribution in [0.1, 0.15) is 18.6 Å². The fourth-order valence-corrected chi connectivity index (χ4v) is 1.56. The van der Waals surface area contributed by atoms with Gasteiger partial charge in [-0.05, 0) is 30.7 Å². The average molecular weight is 260 g/mol. The summed E-state index contributed by atoms with van der Waals surface area (Å²) in [5, 5.41) is 20.5. The molecule has 0 spiro atoms. The third-order valence-electron chi connectivity index (χ3n) is 2.52. The highest BCUT2D eigenvalue weighted by Crippen LogP contribution is 2.33. The molecule has 1 aromatic heterocycles. The first-order valence-electron chi connectivity index (χ1n) is 5.62. The Morgan fingerprint density at radius 3 is 2.79 bits per heavy atom. The van der Waals surface area contributed by atoms with E-state index in [1.807, 2.05) is 0 Å². The van der Waals surface area contributed by atoms with Crippen molar-refractivity contribution < 1.29 is 14.8 Å². The summed E-state index contributed by atoms with van der Waals surface area (Å²) in [6, 6.07) is 7.68. The number of hydrogen-bond donors (Lipinski definition) is 1.